The Morgan fingerprint density at radius 1 is 1.14 bits per heavy atom. The van der Waals surface area contributed by atoms with Gasteiger partial charge >= 0.3 is 0 Å². The first-order valence-electron chi connectivity index (χ1n) is 8.31. The minimum atomic E-state index is -0.532. The highest BCUT2D eigenvalue weighted by Gasteiger charge is 2.35. The molecule has 2 N–H and O–H groups in total. The van der Waals surface area contributed by atoms with Crippen molar-refractivity contribution >= 4 is 0 Å². The maximum atomic E-state index is 6.00. The second-order valence-electron chi connectivity index (χ2n) is 7.57. The number of nitrogens with two attached hydrogens (primary N) is 1. The topological polar surface area (TPSA) is 68.2 Å². The third kappa shape index (κ3) is 3.46. The SMILES string of the molecule is CC(C)(N)c1noc(CN2CCC3(CCCCC3)CC2)n1. The van der Waals surface area contributed by atoms with E-state index >= 15 is 0 Å². The van der Waals surface area contributed by atoms with Gasteiger partial charge in [0.15, 0.2) is 5.82 Å². The first kappa shape index (κ1) is 15.0. The Morgan fingerprint density at radius 2 is 1.81 bits per heavy atom. The van der Waals surface area contributed by atoms with Crippen LogP contribution in [0.5, 0.6) is 0 Å². The third-order valence-corrected chi connectivity index (χ3v) is 5.23. The molecule has 0 unspecified atom stereocenters. The van der Waals surface area contributed by atoms with E-state index in [2.05, 4.69) is 15.0 Å². The van der Waals surface area contributed by atoms with E-state index in [1.807, 2.05) is 13.8 Å². The van der Waals surface area contributed by atoms with Gasteiger partial charge in [-0.3, -0.25) is 4.90 Å². The van der Waals surface area contributed by atoms with Gasteiger partial charge in [0, 0.05) is 0 Å². The van der Waals surface area contributed by atoms with Crippen molar-refractivity contribution in [2.75, 3.05) is 13.1 Å². The molecule has 1 aliphatic carbocycles. The fourth-order valence-corrected chi connectivity index (χ4v) is 3.76. The predicted molar refractivity (Wildman–Crippen MR) is 81.5 cm³/mol. The van der Waals surface area contributed by atoms with Crippen LogP contribution in [0.15, 0.2) is 4.52 Å². The van der Waals surface area contributed by atoms with E-state index in [0.717, 1.165) is 19.6 Å². The molecule has 0 atom stereocenters. The normalized spacial score (nSPS) is 23.6. The molecule has 1 saturated heterocycles. The van der Waals surface area contributed by atoms with Crippen molar-refractivity contribution in [1.82, 2.24) is 15.0 Å². The summed E-state index contributed by atoms with van der Waals surface area (Å²) in [6, 6.07) is 0. The van der Waals surface area contributed by atoms with E-state index in [9.17, 15) is 0 Å². The van der Waals surface area contributed by atoms with Crippen molar-refractivity contribution in [2.24, 2.45) is 11.1 Å². The Hall–Kier alpha value is -0.940. The Kier molecular flexibility index (Phi) is 4.06. The monoisotopic (exact) mass is 292 g/mol. The highest BCUT2D eigenvalue weighted by molar-refractivity contribution is 4.99. The van der Waals surface area contributed by atoms with Gasteiger partial charge in [-0.2, -0.15) is 4.98 Å². The van der Waals surface area contributed by atoms with Crippen LogP contribution < -0.4 is 5.73 Å². The molecule has 1 spiro atoms. The van der Waals surface area contributed by atoms with Crippen LogP contribution in [-0.4, -0.2) is 28.1 Å². The highest BCUT2D eigenvalue weighted by atomic mass is 16.5. The van der Waals surface area contributed by atoms with Crippen LogP contribution in [0.1, 0.15) is 70.5 Å². The molecule has 21 heavy (non-hydrogen) atoms. The first-order valence-corrected chi connectivity index (χ1v) is 8.31. The first-order chi connectivity index (χ1) is 9.97. The van der Waals surface area contributed by atoms with Crippen LogP contribution >= 0.6 is 0 Å². The fraction of sp³-hybridized carbons (Fsp3) is 0.875. The standard InChI is InChI=1S/C16H28N4O/c1-15(2,17)14-18-13(21-19-14)12-20-10-8-16(9-11-20)6-4-3-5-7-16/h3-12,17H2,1-2H3. The molecule has 0 amide bonds. The number of likely N-dealkylation sites (tertiary alicyclic amines) is 1. The lowest BCUT2D eigenvalue weighted by atomic mass is 9.68. The quantitative estimate of drug-likeness (QED) is 0.927. The molecule has 118 valence electrons. The minimum Gasteiger partial charge on any atom is -0.338 e. The second-order valence-corrected chi connectivity index (χ2v) is 7.57. The van der Waals surface area contributed by atoms with Crippen molar-refractivity contribution in [1.29, 1.82) is 0 Å². The van der Waals surface area contributed by atoms with Gasteiger partial charge in [0.25, 0.3) is 0 Å². The summed E-state index contributed by atoms with van der Waals surface area (Å²) in [5, 5.41) is 4.00. The molecule has 0 aromatic carbocycles. The summed E-state index contributed by atoms with van der Waals surface area (Å²) >= 11 is 0. The summed E-state index contributed by atoms with van der Waals surface area (Å²) in [6.45, 7) is 6.87. The van der Waals surface area contributed by atoms with Gasteiger partial charge in [-0.1, -0.05) is 24.4 Å². The third-order valence-electron chi connectivity index (χ3n) is 5.23. The van der Waals surface area contributed by atoms with Crippen LogP contribution in [-0.2, 0) is 12.1 Å². The van der Waals surface area contributed by atoms with E-state index in [-0.39, 0.29) is 0 Å². The second kappa shape index (κ2) is 5.69. The fourth-order valence-electron chi connectivity index (χ4n) is 3.76. The molecule has 1 aliphatic heterocycles. The van der Waals surface area contributed by atoms with Crippen molar-refractivity contribution in [2.45, 2.75) is 70.9 Å². The van der Waals surface area contributed by atoms with Gasteiger partial charge in [-0.15, -0.1) is 0 Å². The number of rotatable bonds is 3. The molecule has 1 saturated carbocycles. The average Bonchev–Trinajstić information content (AvgIpc) is 2.91. The van der Waals surface area contributed by atoms with Crippen molar-refractivity contribution in [3.8, 4) is 0 Å². The maximum Gasteiger partial charge on any atom is 0.240 e. The van der Waals surface area contributed by atoms with Gasteiger partial charge in [0.2, 0.25) is 5.89 Å². The van der Waals surface area contributed by atoms with Crippen LogP contribution in [0.3, 0.4) is 0 Å². The number of piperidine rings is 1. The predicted octanol–water partition coefficient (Wildman–Crippen LogP) is 2.81. The van der Waals surface area contributed by atoms with Gasteiger partial charge in [0.05, 0.1) is 12.1 Å². The summed E-state index contributed by atoms with van der Waals surface area (Å²) in [4.78, 5) is 6.88. The van der Waals surface area contributed by atoms with Gasteiger partial charge in [0.1, 0.15) is 0 Å². The summed E-state index contributed by atoms with van der Waals surface area (Å²) in [5.41, 5.74) is 6.11. The largest absolute Gasteiger partial charge is 0.338 e. The van der Waals surface area contributed by atoms with Crippen LogP contribution in [0, 0.1) is 5.41 Å². The summed E-state index contributed by atoms with van der Waals surface area (Å²) in [5.74, 6) is 1.29. The molecule has 2 aliphatic rings. The van der Waals surface area contributed by atoms with Gasteiger partial charge in [-0.25, -0.2) is 0 Å². The Balaban J connectivity index is 1.54. The van der Waals surface area contributed by atoms with Gasteiger partial charge in [-0.05, 0) is 58.0 Å². The molecule has 1 aromatic heterocycles. The molecule has 2 heterocycles. The molecule has 2 fully saturated rings. The lowest BCUT2D eigenvalue weighted by Crippen LogP contribution is -2.40. The van der Waals surface area contributed by atoms with E-state index in [0.29, 0.717) is 17.1 Å². The molecule has 0 radical (unpaired) electrons. The lowest BCUT2D eigenvalue weighted by Gasteiger charge is -2.44. The van der Waals surface area contributed by atoms with E-state index in [4.69, 9.17) is 10.3 Å². The van der Waals surface area contributed by atoms with Crippen LogP contribution in [0.25, 0.3) is 0 Å². The maximum absolute atomic E-state index is 6.00. The van der Waals surface area contributed by atoms with Crippen molar-refractivity contribution in [3.63, 3.8) is 0 Å². The Labute approximate surface area is 127 Å². The van der Waals surface area contributed by atoms with E-state index in [1.165, 1.54) is 44.9 Å². The van der Waals surface area contributed by atoms with Gasteiger partial charge < -0.3 is 10.3 Å². The average molecular weight is 292 g/mol. The number of hydrogen-bond donors (Lipinski definition) is 1. The number of nitrogens with zero attached hydrogens (tertiary/aromatic N) is 3. The molecule has 1 aromatic rings. The summed E-state index contributed by atoms with van der Waals surface area (Å²) < 4.78 is 5.35. The van der Waals surface area contributed by atoms with E-state index < -0.39 is 5.54 Å². The van der Waals surface area contributed by atoms with Crippen LogP contribution in [0.4, 0.5) is 0 Å². The molecular weight excluding hydrogens is 264 g/mol. The summed E-state index contributed by atoms with van der Waals surface area (Å²) in [6.07, 6.45) is 9.83. The molecular formula is C16H28N4O. The Morgan fingerprint density at radius 3 is 2.38 bits per heavy atom. The molecule has 5 nitrogen and oxygen atoms in total. The molecule has 5 heteroatoms. The molecule has 0 bridgehead atoms. The zero-order valence-electron chi connectivity index (χ0n) is 13.4. The Bertz CT molecular complexity index is 461. The van der Waals surface area contributed by atoms with E-state index in [1.54, 1.807) is 0 Å². The number of aromatic nitrogens is 2. The van der Waals surface area contributed by atoms with Crippen molar-refractivity contribution < 1.29 is 4.52 Å². The zero-order valence-corrected chi connectivity index (χ0v) is 13.4. The highest BCUT2D eigenvalue weighted by Crippen LogP contribution is 2.44. The zero-order chi connectivity index (χ0) is 14.9. The smallest absolute Gasteiger partial charge is 0.240 e. The van der Waals surface area contributed by atoms with Crippen molar-refractivity contribution in [3.05, 3.63) is 11.7 Å². The van der Waals surface area contributed by atoms with Crippen LogP contribution in [0.2, 0.25) is 0 Å². The molecule has 3 rings (SSSR count). The summed E-state index contributed by atoms with van der Waals surface area (Å²) in [7, 11) is 0. The minimum absolute atomic E-state index is 0.532. The lowest BCUT2D eigenvalue weighted by molar-refractivity contribution is 0.0589. The number of hydrogen-bond acceptors (Lipinski definition) is 5.